The van der Waals surface area contributed by atoms with Crippen molar-refractivity contribution >= 4 is 0 Å². The molecule has 0 aliphatic heterocycles. The van der Waals surface area contributed by atoms with Crippen LogP contribution < -0.4 is 5.73 Å². The van der Waals surface area contributed by atoms with Crippen molar-refractivity contribution in [3.05, 3.63) is 0 Å². The molecule has 0 aromatic rings. The zero-order chi connectivity index (χ0) is 7.70. The van der Waals surface area contributed by atoms with Crippen LogP contribution in [-0.4, -0.2) is 18.3 Å². The minimum Gasteiger partial charge on any atom is -0.400 e. The molecule has 0 saturated heterocycles. The Hall–Kier alpha value is -0.0800. The Morgan fingerprint density at radius 3 is 1.90 bits per heavy atom. The van der Waals surface area contributed by atoms with Crippen LogP contribution in [0.1, 0.15) is 40.5 Å². The van der Waals surface area contributed by atoms with Gasteiger partial charge in [0.15, 0.2) is 0 Å². The van der Waals surface area contributed by atoms with E-state index in [0.29, 0.717) is 6.04 Å². The van der Waals surface area contributed by atoms with Crippen molar-refractivity contribution in [2.45, 2.75) is 46.6 Å². The molecule has 2 heteroatoms. The molecule has 1 atom stereocenters. The molecule has 0 bridgehead atoms. The molecular formula is C8H23NO. The minimum absolute atomic E-state index is 0. The zero-order valence-corrected chi connectivity index (χ0v) is 6.72. The van der Waals surface area contributed by atoms with E-state index in [2.05, 4.69) is 13.8 Å². The van der Waals surface area contributed by atoms with Gasteiger partial charge in [0, 0.05) is 13.2 Å². The lowest BCUT2D eigenvalue weighted by atomic mass is 10.2. The number of hydrogen-bond donors (Lipinski definition) is 2. The Morgan fingerprint density at radius 1 is 1.40 bits per heavy atom. The second-order valence-corrected chi connectivity index (χ2v) is 2.12. The van der Waals surface area contributed by atoms with E-state index in [4.69, 9.17) is 10.8 Å². The number of nitrogens with two attached hydrogens (primary N) is 1. The first-order valence-corrected chi connectivity index (χ1v) is 3.47. The van der Waals surface area contributed by atoms with E-state index in [1.165, 1.54) is 19.3 Å². The standard InChI is InChI=1S/C6H15N.CH4O.CH4/c1-3-4-5-6(2)7;1-2;/h6H,3-5,7H2,1-2H3;2H,1H3;1H4. The van der Waals surface area contributed by atoms with E-state index in [9.17, 15) is 0 Å². The maximum Gasteiger partial charge on any atom is 0.0319 e. The maximum absolute atomic E-state index is 7.00. The lowest BCUT2D eigenvalue weighted by molar-refractivity contribution is 0.399. The average molecular weight is 149 g/mol. The summed E-state index contributed by atoms with van der Waals surface area (Å²) in [6.07, 6.45) is 3.72. The van der Waals surface area contributed by atoms with Gasteiger partial charge in [0.25, 0.3) is 0 Å². The molecule has 0 spiro atoms. The van der Waals surface area contributed by atoms with Gasteiger partial charge in [-0.15, -0.1) is 0 Å². The first-order valence-electron chi connectivity index (χ1n) is 3.47. The van der Waals surface area contributed by atoms with Gasteiger partial charge in [-0.2, -0.15) is 0 Å². The molecular weight excluding hydrogens is 126 g/mol. The summed E-state index contributed by atoms with van der Waals surface area (Å²) >= 11 is 0. The average Bonchev–Trinajstić information content (AvgIpc) is 1.88. The van der Waals surface area contributed by atoms with E-state index >= 15 is 0 Å². The van der Waals surface area contributed by atoms with Crippen molar-refractivity contribution in [2.75, 3.05) is 7.11 Å². The Labute approximate surface area is 65.4 Å². The number of rotatable bonds is 3. The molecule has 1 unspecified atom stereocenters. The van der Waals surface area contributed by atoms with Crippen molar-refractivity contribution in [3.63, 3.8) is 0 Å². The molecule has 3 N–H and O–H groups in total. The van der Waals surface area contributed by atoms with Crippen molar-refractivity contribution in [3.8, 4) is 0 Å². The van der Waals surface area contributed by atoms with E-state index in [-0.39, 0.29) is 7.43 Å². The summed E-state index contributed by atoms with van der Waals surface area (Å²) in [6, 6.07) is 0.403. The lowest BCUT2D eigenvalue weighted by Gasteiger charge is -1.99. The fraction of sp³-hybridized carbons (Fsp3) is 1.00. The van der Waals surface area contributed by atoms with E-state index in [0.717, 1.165) is 7.11 Å². The van der Waals surface area contributed by atoms with Crippen molar-refractivity contribution in [2.24, 2.45) is 5.73 Å². The van der Waals surface area contributed by atoms with Gasteiger partial charge in [-0.1, -0.05) is 27.2 Å². The van der Waals surface area contributed by atoms with Crippen LogP contribution in [0.25, 0.3) is 0 Å². The highest BCUT2D eigenvalue weighted by Gasteiger charge is 1.88. The summed E-state index contributed by atoms with van der Waals surface area (Å²) < 4.78 is 0. The predicted molar refractivity (Wildman–Crippen MR) is 48.0 cm³/mol. The number of aliphatic hydroxyl groups excluding tert-OH is 1. The molecule has 0 aliphatic carbocycles. The third-order valence-electron chi connectivity index (χ3n) is 1.01. The normalized spacial score (nSPS) is 10.5. The van der Waals surface area contributed by atoms with Gasteiger partial charge < -0.3 is 10.8 Å². The zero-order valence-electron chi connectivity index (χ0n) is 6.72. The second kappa shape index (κ2) is 16.0. The van der Waals surface area contributed by atoms with Gasteiger partial charge in [0.2, 0.25) is 0 Å². The summed E-state index contributed by atoms with van der Waals surface area (Å²) in [5.41, 5.74) is 5.48. The predicted octanol–water partition coefficient (Wildman–Crippen LogP) is 1.77. The van der Waals surface area contributed by atoms with Gasteiger partial charge in [-0.3, -0.25) is 0 Å². The van der Waals surface area contributed by atoms with Crippen molar-refractivity contribution < 1.29 is 5.11 Å². The van der Waals surface area contributed by atoms with Crippen molar-refractivity contribution in [1.29, 1.82) is 0 Å². The molecule has 0 rings (SSSR count). The van der Waals surface area contributed by atoms with E-state index in [1.54, 1.807) is 0 Å². The summed E-state index contributed by atoms with van der Waals surface area (Å²) in [5, 5.41) is 7.00. The molecule has 10 heavy (non-hydrogen) atoms. The Balaban J connectivity index is -0.000000149. The molecule has 0 aromatic carbocycles. The molecule has 66 valence electrons. The van der Waals surface area contributed by atoms with Gasteiger partial charge in [0.1, 0.15) is 0 Å². The fourth-order valence-corrected chi connectivity index (χ4v) is 0.526. The first-order chi connectivity index (χ1) is 4.27. The summed E-state index contributed by atoms with van der Waals surface area (Å²) in [5.74, 6) is 0. The summed E-state index contributed by atoms with van der Waals surface area (Å²) in [4.78, 5) is 0. The van der Waals surface area contributed by atoms with Crippen LogP contribution in [0.4, 0.5) is 0 Å². The molecule has 0 fully saturated rings. The lowest BCUT2D eigenvalue weighted by Crippen LogP contribution is -2.13. The van der Waals surface area contributed by atoms with Crippen LogP contribution >= 0.6 is 0 Å². The van der Waals surface area contributed by atoms with E-state index < -0.39 is 0 Å². The number of unbranched alkanes of at least 4 members (excludes halogenated alkanes) is 1. The van der Waals surface area contributed by atoms with Crippen LogP contribution in [0.15, 0.2) is 0 Å². The Bertz CT molecular complexity index is 38.2. The Morgan fingerprint density at radius 2 is 1.80 bits per heavy atom. The minimum atomic E-state index is 0. The number of aliphatic hydroxyl groups is 1. The van der Waals surface area contributed by atoms with Crippen LogP contribution in [0.5, 0.6) is 0 Å². The Kier molecular flexibility index (Phi) is 26.3. The summed E-state index contributed by atoms with van der Waals surface area (Å²) in [6.45, 7) is 4.23. The molecule has 0 aliphatic rings. The van der Waals surface area contributed by atoms with Crippen LogP contribution in [0.3, 0.4) is 0 Å². The molecule has 0 radical (unpaired) electrons. The topological polar surface area (TPSA) is 46.2 Å². The largest absolute Gasteiger partial charge is 0.400 e. The molecule has 0 aromatic heterocycles. The summed E-state index contributed by atoms with van der Waals surface area (Å²) in [7, 11) is 1.00. The second-order valence-electron chi connectivity index (χ2n) is 2.12. The van der Waals surface area contributed by atoms with Gasteiger partial charge in [-0.05, 0) is 13.3 Å². The highest BCUT2D eigenvalue weighted by molar-refractivity contribution is 4.50. The van der Waals surface area contributed by atoms with Crippen LogP contribution in [0, 0.1) is 0 Å². The fourth-order valence-electron chi connectivity index (χ4n) is 0.526. The van der Waals surface area contributed by atoms with E-state index in [1.807, 2.05) is 0 Å². The maximum atomic E-state index is 7.00. The first kappa shape index (κ1) is 16.5. The quantitative estimate of drug-likeness (QED) is 0.642. The highest BCUT2D eigenvalue weighted by atomic mass is 16.2. The molecule has 0 saturated carbocycles. The third kappa shape index (κ3) is 24.7. The monoisotopic (exact) mass is 149 g/mol. The van der Waals surface area contributed by atoms with Gasteiger partial charge >= 0.3 is 0 Å². The third-order valence-corrected chi connectivity index (χ3v) is 1.01. The van der Waals surface area contributed by atoms with Gasteiger partial charge in [0.05, 0.1) is 0 Å². The molecule has 0 amide bonds. The van der Waals surface area contributed by atoms with Gasteiger partial charge in [-0.25, -0.2) is 0 Å². The smallest absolute Gasteiger partial charge is 0.0319 e. The number of hydrogen-bond acceptors (Lipinski definition) is 2. The van der Waals surface area contributed by atoms with Crippen LogP contribution in [0.2, 0.25) is 0 Å². The molecule has 2 nitrogen and oxygen atoms in total. The molecule has 0 heterocycles. The van der Waals surface area contributed by atoms with Crippen LogP contribution in [-0.2, 0) is 0 Å². The highest BCUT2D eigenvalue weighted by Crippen LogP contribution is 1.95. The SMILES string of the molecule is C.CCCCC(C)N.CO. The van der Waals surface area contributed by atoms with Crippen molar-refractivity contribution in [1.82, 2.24) is 0 Å².